The van der Waals surface area contributed by atoms with Crippen molar-refractivity contribution in [3.63, 3.8) is 0 Å². The minimum atomic E-state index is -3.19. The van der Waals surface area contributed by atoms with Crippen molar-refractivity contribution >= 4 is 27.3 Å². The Morgan fingerprint density at radius 3 is 2.58 bits per heavy atom. The summed E-state index contributed by atoms with van der Waals surface area (Å²) in [7, 11) is -3.19. The van der Waals surface area contributed by atoms with E-state index in [0.29, 0.717) is 26.2 Å². The van der Waals surface area contributed by atoms with Crippen molar-refractivity contribution in [3.8, 4) is 11.4 Å². The maximum atomic E-state index is 13.9. The van der Waals surface area contributed by atoms with Crippen LogP contribution in [0.5, 0.6) is 0 Å². The van der Waals surface area contributed by atoms with Crippen molar-refractivity contribution in [2.24, 2.45) is 0 Å². The van der Waals surface area contributed by atoms with Gasteiger partial charge in [0.05, 0.1) is 23.7 Å². The van der Waals surface area contributed by atoms with Crippen molar-refractivity contribution in [2.75, 3.05) is 48.3 Å². The first-order chi connectivity index (χ1) is 18.4. The van der Waals surface area contributed by atoms with Gasteiger partial charge in [0.25, 0.3) is 0 Å². The molecule has 11 heteroatoms. The van der Waals surface area contributed by atoms with Gasteiger partial charge in [-0.2, -0.15) is 4.31 Å². The highest BCUT2D eigenvalue weighted by Gasteiger charge is 2.29. The largest absolute Gasteiger partial charge is 0.354 e. The average Bonchev–Trinajstić information content (AvgIpc) is 3.60. The van der Waals surface area contributed by atoms with Gasteiger partial charge in [0.2, 0.25) is 10.0 Å². The summed E-state index contributed by atoms with van der Waals surface area (Å²) in [5.74, 6) is 1.50. The summed E-state index contributed by atoms with van der Waals surface area (Å²) in [5.41, 5.74) is 3.19. The first-order valence-corrected chi connectivity index (χ1v) is 14.6. The van der Waals surface area contributed by atoms with E-state index >= 15 is 0 Å². The van der Waals surface area contributed by atoms with Crippen LogP contribution in [0.15, 0.2) is 60.8 Å². The standard InChI is InChI=1S/C27H30FN7O2S/c1-2-38(36,37)33-16-14-32(15-17-33)26-10-4-8-22(30-26)24-19-29-25-11-12-27(31-35(24)25)34-13-5-9-23(34)20-6-3-7-21(28)18-20/h3-4,6-8,10-12,18-19,23H,2,5,9,13-17H2,1H3. The van der Waals surface area contributed by atoms with Crippen LogP contribution in [0.1, 0.15) is 31.4 Å². The van der Waals surface area contributed by atoms with Gasteiger partial charge in [-0.05, 0) is 61.7 Å². The Balaban J connectivity index is 1.27. The topological polar surface area (TPSA) is 86.9 Å². The van der Waals surface area contributed by atoms with Gasteiger partial charge >= 0.3 is 0 Å². The molecule has 1 atom stereocenters. The number of hydrogen-bond donors (Lipinski definition) is 0. The maximum Gasteiger partial charge on any atom is 0.213 e. The molecule has 5 heterocycles. The number of hydrogen-bond acceptors (Lipinski definition) is 7. The zero-order chi connectivity index (χ0) is 26.3. The Kier molecular flexibility index (Phi) is 6.48. The molecule has 0 aliphatic carbocycles. The number of nitrogens with zero attached hydrogens (tertiary/aromatic N) is 7. The van der Waals surface area contributed by atoms with Crippen LogP contribution in [0.25, 0.3) is 17.0 Å². The van der Waals surface area contributed by atoms with Crippen molar-refractivity contribution in [2.45, 2.75) is 25.8 Å². The fraction of sp³-hybridized carbons (Fsp3) is 0.370. The van der Waals surface area contributed by atoms with Gasteiger partial charge in [0.1, 0.15) is 23.1 Å². The first kappa shape index (κ1) is 24.7. The highest BCUT2D eigenvalue weighted by Crippen LogP contribution is 2.35. The molecule has 0 radical (unpaired) electrons. The highest BCUT2D eigenvalue weighted by atomic mass is 32.2. The van der Waals surface area contributed by atoms with E-state index in [9.17, 15) is 12.8 Å². The van der Waals surface area contributed by atoms with Gasteiger partial charge in [0.15, 0.2) is 5.65 Å². The number of piperazine rings is 1. The summed E-state index contributed by atoms with van der Waals surface area (Å²) in [6, 6.07) is 16.6. The van der Waals surface area contributed by atoms with Crippen LogP contribution in [0, 0.1) is 5.82 Å². The van der Waals surface area contributed by atoms with Gasteiger partial charge in [-0.15, -0.1) is 5.10 Å². The quantitative estimate of drug-likeness (QED) is 0.372. The molecule has 38 heavy (non-hydrogen) atoms. The molecule has 0 spiro atoms. The summed E-state index contributed by atoms with van der Waals surface area (Å²) in [5, 5.41) is 4.94. The molecule has 0 N–H and O–H groups in total. The normalized spacial score (nSPS) is 18.9. The molecule has 0 bridgehead atoms. The number of rotatable bonds is 6. The Morgan fingerprint density at radius 1 is 0.974 bits per heavy atom. The molecule has 3 aromatic heterocycles. The monoisotopic (exact) mass is 535 g/mol. The lowest BCUT2D eigenvalue weighted by atomic mass is 10.0. The zero-order valence-electron chi connectivity index (χ0n) is 21.2. The van der Waals surface area contributed by atoms with E-state index in [2.05, 4.69) is 14.8 Å². The van der Waals surface area contributed by atoms with Gasteiger partial charge in [0, 0.05) is 32.7 Å². The highest BCUT2D eigenvalue weighted by molar-refractivity contribution is 7.89. The molecule has 9 nitrogen and oxygen atoms in total. The van der Waals surface area contributed by atoms with Gasteiger partial charge in [-0.3, -0.25) is 0 Å². The molecular formula is C27H30FN7O2S. The molecule has 0 saturated carbocycles. The number of pyridine rings is 1. The summed E-state index contributed by atoms with van der Waals surface area (Å²) in [6.07, 6.45) is 3.72. The number of sulfonamides is 1. The van der Waals surface area contributed by atoms with Crippen molar-refractivity contribution < 1.29 is 12.8 Å². The molecule has 1 unspecified atom stereocenters. The molecule has 2 aliphatic rings. The van der Waals surface area contributed by atoms with Crippen LogP contribution in [-0.4, -0.2) is 70.8 Å². The van der Waals surface area contributed by atoms with Gasteiger partial charge in [-0.1, -0.05) is 18.2 Å². The predicted molar refractivity (Wildman–Crippen MR) is 145 cm³/mol. The molecule has 4 aromatic rings. The third kappa shape index (κ3) is 4.60. The third-order valence-corrected chi connectivity index (χ3v) is 9.33. The average molecular weight is 536 g/mol. The van der Waals surface area contributed by atoms with Gasteiger partial charge < -0.3 is 9.80 Å². The predicted octanol–water partition coefficient (Wildman–Crippen LogP) is 3.74. The molecule has 2 fully saturated rings. The number of imidazole rings is 1. The molecular weight excluding hydrogens is 505 g/mol. The van der Waals surface area contributed by atoms with Crippen LogP contribution >= 0.6 is 0 Å². The smallest absolute Gasteiger partial charge is 0.213 e. The van der Waals surface area contributed by atoms with E-state index in [1.807, 2.05) is 40.9 Å². The number of benzene rings is 1. The Hall–Kier alpha value is -3.57. The number of halogens is 1. The van der Waals surface area contributed by atoms with E-state index in [0.717, 1.165) is 53.6 Å². The minimum absolute atomic E-state index is 0.0688. The fourth-order valence-electron chi connectivity index (χ4n) is 5.41. The van der Waals surface area contributed by atoms with Crippen molar-refractivity contribution in [1.29, 1.82) is 0 Å². The molecule has 0 amide bonds. The molecule has 198 valence electrons. The van der Waals surface area contributed by atoms with E-state index in [1.165, 1.54) is 6.07 Å². The first-order valence-electron chi connectivity index (χ1n) is 13.0. The van der Waals surface area contributed by atoms with Crippen LogP contribution < -0.4 is 9.80 Å². The Morgan fingerprint density at radius 2 is 1.79 bits per heavy atom. The molecule has 1 aromatic carbocycles. The second-order valence-electron chi connectivity index (χ2n) is 9.68. The number of aromatic nitrogens is 4. The molecule has 2 saturated heterocycles. The lowest BCUT2D eigenvalue weighted by molar-refractivity contribution is 0.384. The molecule has 6 rings (SSSR count). The second kappa shape index (κ2) is 9.95. The van der Waals surface area contributed by atoms with E-state index in [-0.39, 0.29) is 17.6 Å². The van der Waals surface area contributed by atoms with Crippen LogP contribution in [0.2, 0.25) is 0 Å². The molecule has 2 aliphatic heterocycles. The second-order valence-corrected chi connectivity index (χ2v) is 11.9. The Bertz CT molecular complexity index is 1570. The fourth-order valence-corrected chi connectivity index (χ4v) is 6.50. The van der Waals surface area contributed by atoms with E-state index in [4.69, 9.17) is 10.1 Å². The SMILES string of the molecule is CCS(=O)(=O)N1CCN(c2cccc(-c3cnc4ccc(N5CCCC5c5cccc(F)c5)nn34)n2)CC1. The van der Waals surface area contributed by atoms with Crippen LogP contribution in [-0.2, 0) is 10.0 Å². The summed E-state index contributed by atoms with van der Waals surface area (Å²) in [4.78, 5) is 13.8. The number of fused-ring (bicyclic) bond motifs is 1. The van der Waals surface area contributed by atoms with E-state index in [1.54, 1.807) is 29.6 Å². The maximum absolute atomic E-state index is 13.9. The van der Waals surface area contributed by atoms with Crippen molar-refractivity contribution in [3.05, 3.63) is 72.2 Å². The summed E-state index contributed by atoms with van der Waals surface area (Å²) >= 11 is 0. The zero-order valence-corrected chi connectivity index (χ0v) is 22.1. The summed E-state index contributed by atoms with van der Waals surface area (Å²) < 4.78 is 41.7. The van der Waals surface area contributed by atoms with E-state index < -0.39 is 10.0 Å². The Labute approximate surface area is 221 Å². The van der Waals surface area contributed by atoms with Crippen molar-refractivity contribution in [1.82, 2.24) is 23.9 Å². The minimum Gasteiger partial charge on any atom is -0.354 e. The van der Waals surface area contributed by atoms with Crippen LogP contribution in [0.4, 0.5) is 16.0 Å². The number of anilines is 2. The lowest BCUT2D eigenvalue weighted by Crippen LogP contribution is -2.49. The lowest BCUT2D eigenvalue weighted by Gasteiger charge is -2.34. The van der Waals surface area contributed by atoms with Crippen LogP contribution in [0.3, 0.4) is 0 Å². The third-order valence-electron chi connectivity index (χ3n) is 7.45. The van der Waals surface area contributed by atoms with Gasteiger partial charge in [-0.25, -0.2) is 27.3 Å². The summed E-state index contributed by atoms with van der Waals surface area (Å²) in [6.45, 7) is 4.59.